The molecule has 1 aliphatic rings. The Hall–Kier alpha value is -1.51. The number of ether oxygens (including phenoxy) is 1. The Morgan fingerprint density at radius 2 is 1.53 bits per heavy atom. The van der Waals surface area contributed by atoms with Gasteiger partial charge >= 0.3 is 6.09 Å². The summed E-state index contributed by atoms with van der Waals surface area (Å²) in [5.41, 5.74) is 1.67. The highest BCUT2D eigenvalue weighted by Gasteiger charge is 2.36. The number of hydrogen-bond acceptors (Lipinski definition) is 2. The third-order valence-electron chi connectivity index (χ3n) is 7.17. The summed E-state index contributed by atoms with van der Waals surface area (Å²) in [6.07, 6.45) is 18.8. The lowest BCUT2D eigenvalue weighted by Crippen LogP contribution is -2.41. The monoisotopic (exact) mass is 443 g/mol. The number of benzene rings is 1. The maximum absolute atomic E-state index is 12.5. The zero-order valence-electron chi connectivity index (χ0n) is 21.4. The molecule has 1 aliphatic carbocycles. The number of hydrogen-bond donors (Lipinski definition) is 1. The summed E-state index contributed by atoms with van der Waals surface area (Å²) >= 11 is 0. The molecule has 1 fully saturated rings. The summed E-state index contributed by atoms with van der Waals surface area (Å²) in [6, 6.07) is 8.02. The molecule has 1 saturated carbocycles. The molecule has 0 aromatic heterocycles. The van der Waals surface area contributed by atoms with Gasteiger partial charge in [0.25, 0.3) is 0 Å². The van der Waals surface area contributed by atoms with Gasteiger partial charge < -0.3 is 10.1 Å². The van der Waals surface area contributed by atoms with Crippen molar-refractivity contribution < 1.29 is 9.53 Å². The largest absolute Gasteiger partial charge is 0.412 e. The van der Waals surface area contributed by atoms with Gasteiger partial charge in [-0.3, -0.25) is 0 Å². The van der Waals surface area contributed by atoms with Crippen LogP contribution in [0.25, 0.3) is 0 Å². The minimum Gasteiger partial charge on any atom is -0.410 e. The molecule has 0 bridgehead atoms. The summed E-state index contributed by atoms with van der Waals surface area (Å²) in [7, 11) is 0. The summed E-state index contributed by atoms with van der Waals surface area (Å²) < 4.78 is 5.73. The van der Waals surface area contributed by atoms with Crippen molar-refractivity contribution in [3.05, 3.63) is 29.8 Å². The minimum atomic E-state index is -0.315. The number of nitrogens with one attached hydrogen (secondary N) is 1. The molecule has 182 valence electrons. The van der Waals surface area contributed by atoms with E-state index in [1.54, 1.807) is 0 Å². The van der Waals surface area contributed by atoms with E-state index in [0.717, 1.165) is 30.6 Å². The molecule has 1 amide bonds. The van der Waals surface area contributed by atoms with Crippen LogP contribution in [0, 0.1) is 10.8 Å². The lowest BCUT2D eigenvalue weighted by Gasteiger charge is -2.42. The second-order valence-electron chi connectivity index (χ2n) is 11.3. The van der Waals surface area contributed by atoms with Gasteiger partial charge in [0.1, 0.15) is 5.75 Å². The van der Waals surface area contributed by atoms with Crippen LogP contribution in [0.5, 0.6) is 5.75 Å². The number of rotatable bonds is 14. The molecule has 1 N–H and O–H groups in total. The van der Waals surface area contributed by atoms with Crippen LogP contribution in [0.1, 0.15) is 123 Å². The maximum atomic E-state index is 12.5. The fraction of sp³-hybridized carbons (Fsp3) is 0.759. The van der Waals surface area contributed by atoms with Crippen LogP contribution in [0.2, 0.25) is 0 Å². The SMILES string of the molecule is CCCCCCCCCCCCc1ccccc1OC(=O)NCC1(C)CCCC(C)(C)C1. The fourth-order valence-corrected chi connectivity index (χ4v) is 5.51. The highest BCUT2D eigenvalue weighted by molar-refractivity contribution is 5.70. The quantitative estimate of drug-likeness (QED) is 0.292. The first-order valence-corrected chi connectivity index (χ1v) is 13.4. The number of amides is 1. The third-order valence-corrected chi connectivity index (χ3v) is 7.17. The molecule has 0 radical (unpaired) electrons. The maximum Gasteiger partial charge on any atom is 0.412 e. The van der Waals surface area contributed by atoms with Gasteiger partial charge in [0, 0.05) is 6.54 Å². The molecule has 1 aromatic rings. The molecule has 0 aliphatic heterocycles. The zero-order chi connectivity index (χ0) is 23.3. The molecule has 32 heavy (non-hydrogen) atoms. The van der Waals surface area contributed by atoms with Crippen molar-refractivity contribution >= 4 is 6.09 Å². The number of carbonyl (C=O) groups excluding carboxylic acids is 1. The zero-order valence-corrected chi connectivity index (χ0v) is 21.4. The van der Waals surface area contributed by atoms with Crippen LogP contribution in [0.4, 0.5) is 4.79 Å². The Morgan fingerprint density at radius 3 is 2.19 bits per heavy atom. The van der Waals surface area contributed by atoms with Crippen LogP contribution in [0.3, 0.4) is 0 Å². The van der Waals surface area contributed by atoms with Crippen LogP contribution < -0.4 is 10.1 Å². The standard InChI is InChI=1S/C29H49NO2/c1-5-6-7-8-9-10-11-12-13-14-18-25-19-15-16-20-26(25)32-27(31)30-24-29(4)22-17-21-28(2,3)23-29/h15-16,19-20H,5-14,17-18,21-24H2,1-4H3,(H,30,31). The second-order valence-corrected chi connectivity index (χ2v) is 11.3. The van der Waals surface area contributed by atoms with Crippen molar-refractivity contribution in [1.82, 2.24) is 5.32 Å². The smallest absolute Gasteiger partial charge is 0.410 e. The topological polar surface area (TPSA) is 38.3 Å². The normalized spacial score (nSPS) is 20.1. The molecule has 1 atom stereocenters. The predicted octanol–water partition coefficient (Wildman–Crippen LogP) is 8.84. The average molecular weight is 444 g/mol. The Bertz CT molecular complexity index is 669. The number of unbranched alkanes of at least 4 members (excludes halogenated alkanes) is 9. The molecule has 3 nitrogen and oxygen atoms in total. The van der Waals surface area contributed by atoms with E-state index in [-0.39, 0.29) is 11.5 Å². The Balaban J connectivity index is 1.67. The van der Waals surface area contributed by atoms with Crippen LogP contribution in [0.15, 0.2) is 24.3 Å². The van der Waals surface area contributed by atoms with Crippen molar-refractivity contribution in [1.29, 1.82) is 0 Å². The third kappa shape index (κ3) is 10.4. The molecule has 1 unspecified atom stereocenters. The van der Waals surface area contributed by atoms with Gasteiger partial charge in [-0.2, -0.15) is 0 Å². The molecule has 0 heterocycles. The molecule has 3 heteroatoms. The number of aryl methyl sites for hydroxylation is 1. The number of carbonyl (C=O) groups is 1. The molecule has 0 saturated heterocycles. The molecule has 1 aromatic carbocycles. The molecule has 0 spiro atoms. The van der Waals surface area contributed by atoms with Gasteiger partial charge in [0.05, 0.1) is 0 Å². The van der Waals surface area contributed by atoms with Crippen molar-refractivity contribution in [3.63, 3.8) is 0 Å². The van der Waals surface area contributed by atoms with E-state index in [4.69, 9.17) is 4.74 Å². The summed E-state index contributed by atoms with van der Waals surface area (Å²) in [4.78, 5) is 12.5. The van der Waals surface area contributed by atoms with Crippen molar-refractivity contribution in [2.45, 2.75) is 124 Å². The van der Waals surface area contributed by atoms with E-state index >= 15 is 0 Å². The van der Waals surface area contributed by atoms with E-state index < -0.39 is 0 Å². The Morgan fingerprint density at radius 1 is 0.906 bits per heavy atom. The van der Waals surface area contributed by atoms with E-state index in [1.807, 2.05) is 18.2 Å². The van der Waals surface area contributed by atoms with Gasteiger partial charge in [0.2, 0.25) is 0 Å². The van der Waals surface area contributed by atoms with Crippen LogP contribution >= 0.6 is 0 Å². The molecule has 2 rings (SSSR count). The van der Waals surface area contributed by atoms with Gasteiger partial charge in [0.15, 0.2) is 0 Å². The second kappa shape index (κ2) is 13.9. The first-order chi connectivity index (χ1) is 15.3. The minimum absolute atomic E-state index is 0.163. The fourth-order valence-electron chi connectivity index (χ4n) is 5.51. The lowest BCUT2D eigenvalue weighted by atomic mass is 9.64. The van der Waals surface area contributed by atoms with E-state index in [2.05, 4.69) is 39.1 Å². The first kappa shape index (κ1) is 26.7. The van der Waals surface area contributed by atoms with Gasteiger partial charge in [-0.05, 0) is 54.6 Å². The van der Waals surface area contributed by atoms with Crippen molar-refractivity contribution in [2.75, 3.05) is 6.54 Å². The Labute approximate surface area is 198 Å². The first-order valence-electron chi connectivity index (χ1n) is 13.4. The Kier molecular flexibility index (Phi) is 11.6. The van der Waals surface area contributed by atoms with Crippen molar-refractivity contribution in [2.24, 2.45) is 10.8 Å². The highest BCUT2D eigenvalue weighted by atomic mass is 16.6. The summed E-state index contributed by atoms with van der Waals surface area (Å²) in [5, 5.41) is 3.05. The highest BCUT2D eigenvalue weighted by Crippen LogP contribution is 2.45. The summed E-state index contributed by atoms with van der Waals surface area (Å²) in [5.74, 6) is 0.718. The summed E-state index contributed by atoms with van der Waals surface area (Å²) in [6.45, 7) is 9.94. The van der Waals surface area contributed by atoms with E-state index in [9.17, 15) is 4.79 Å². The van der Waals surface area contributed by atoms with Crippen molar-refractivity contribution in [3.8, 4) is 5.75 Å². The lowest BCUT2D eigenvalue weighted by molar-refractivity contribution is 0.0969. The molecular formula is C29H49NO2. The van der Waals surface area contributed by atoms with E-state index in [0.29, 0.717) is 12.0 Å². The predicted molar refractivity (Wildman–Crippen MR) is 136 cm³/mol. The van der Waals surface area contributed by atoms with Crippen LogP contribution in [-0.4, -0.2) is 12.6 Å². The van der Waals surface area contributed by atoms with Crippen LogP contribution in [-0.2, 0) is 6.42 Å². The van der Waals surface area contributed by atoms with Gasteiger partial charge in [-0.25, -0.2) is 4.79 Å². The van der Waals surface area contributed by atoms with Gasteiger partial charge in [-0.15, -0.1) is 0 Å². The average Bonchev–Trinajstić information content (AvgIpc) is 2.74. The molecular weight excluding hydrogens is 394 g/mol. The number of para-hydroxylation sites is 1. The van der Waals surface area contributed by atoms with E-state index in [1.165, 1.54) is 77.0 Å². The van der Waals surface area contributed by atoms with Gasteiger partial charge in [-0.1, -0.05) is 110 Å².